The van der Waals surface area contributed by atoms with Crippen molar-refractivity contribution in [3.63, 3.8) is 0 Å². The summed E-state index contributed by atoms with van der Waals surface area (Å²) in [7, 11) is 1.49. The van der Waals surface area contributed by atoms with E-state index >= 15 is 0 Å². The van der Waals surface area contributed by atoms with Crippen LogP contribution in [0.1, 0.15) is 303 Å². The summed E-state index contributed by atoms with van der Waals surface area (Å²) in [4.78, 5) is 37.8. The maximum absolute atomic E-state index is 13.6. The van der Waals surface area contributed by atoms with Crippen LogP contribution >= 0.6 is 7.82 Å². The van der Waals surface area contributed by atoms with E-state index in [4.69, 9.17) is 13.8 Å². The first kappa shape index (κ1) is 76.5. The monoisotopic (exact) mass is 1130 g/mol. The van der Waals surface area contributed by atoms with Crippen molar-refractivity contribution in [3.05, 3.63) is 72.9 Å². The Bertz CT molecular complexity index is 1580. The average Bonchev–Trinajstić information content (AvgIpc) is 3.41. The highest BCUT2D eigenvalue weighted by Crippen LogP contribution is 2.43. The molecule has 0 aromatic rings. The number of esters is 1. The van der Waals surface area contributed by atoms with E-state index in [2.05, 4.69) is 86.8 Å². The molecule has 2 N–H and O–H groups in total. The van der Waals surface area contributed by atoms with Crippen LogP contribution in [0, 0.1) is 0 Å². The van der Waals surface area contributed by atoms with Crippen molar-refractivity contribution >= 4 is 19.7 Å². The molecule has 1 amide bonds. The molecule has 0 saturated carbocycles. The van der Waals surface area contributed by atoms with E-state index < -0.39 is 20.0 Å². The van der Waals surface area contributed by atoms with Gasteiger partial charge >= 0.3 is 13.8 Å². The molecule has 0 aromatic carbocycles. The maximum atomic E-state index is 13.6. The maximum Gasteiger partial charge on any atom is 0.472 e. The molecule has 460 valence electrons. The van der Waals surface area contributed by atoms with Gasteiger partial charge in [-0.25, -0.2) is 4.57 Å². The zero-order valence-electron chi connectivity index (χ0n) is 52.6. The largest absolute Gasteiger partial charge is 0.472 e. The third-order valence-electron chi connectivity index (χ3n) is 14.6. The normalized spacial score (nSPS) is 14.1. The number of hydrogen-bond donors (Lipinski definition) is 2. The summed E-state index contributed by atoms with van der Waals surface area (Å²) in [6.07, 6.45) is 76.2. The minimum atomic E-state index is -4.45. The number of hydrogen-bond acceptors (Lipinski definition) is 6. The van der Waals surface area contributed by atoms with Gasteiger partial charge < -0.3 is 19.4 Å². The van der Waals surface area contributed by atoms with E-state index in [-0.39, 0.29) is 31.5 Å². The zero-order chi connectivity index (χ0) is 57.9. The van der Waals surface area contributed by atoms with Crippen LogP contribution in [0.15, 0.2) is 72.9 Å². The standard InChI is InChI=1S/C69H127N2O7P/c1-7-10-13-16-19-22-25-27-29-31-32-33-34-35-36-37-38-40-41-43-46-49-52-55-58-61-68(72)70-66(65-77-79(74,75)76-64-63-71(4,5)6)67(60-57-54-51-48-45-24-21-18-15-12-9-3)78-69(73)62-59-56-53-50-47-44-42-39-30-28-26-23-20-17-14-11-8-2/h19-20,22-23,27-30,32-33,57,60,66-67H,7-18,21,24-26,31,34-56,58-59,61-65H2,1-6H3,(H-,70,72,74,75)/p+1/b22-19-,23-20-,29-27-,30-28-,33-32-,60-57-. The summed E-state index contributed by atoms with van der Waals surface area (Å²) in [5.41, 5.74) is 0. The number of nitrogens with zero attached hydrogens (tertiary/aromatic N) is 1. The molecule has 0 fully saturated rings. The molecule has 0 aliphatic carbocycles. The second-order valence-electron chi connectivity index (χ2n) is 23.6. The van der Waals surface area contributed by atoms with Crippen LogP contribution in [-0.2, 0) is 27.9 Å². The summed E-state index contributed by atoms with van der Waals surface area (Å²) >= 11 is 0. The summed E-state index contributed by atoms with van der Waals surface area (Å²) in [5, 5.41) is 3.06. The second kappa shape index (κ2) is 58.6. The molecule has 0 saturated heterocycles. The lowest BCUT2D eigenvalue weighted by Crippen LogP contribution is -2.47. The number of carbonyl (C=O) groups is 2. The SMILES string of the molecule is CCCCC/C=C\C/C=C\C/C=C\CCCCCCCCCCCCCCC(=O)NC(COP(=O)(O)OCC[N+](C)(C)C)C(/C=C\CCCCCCCCCCC)OC(=O)CCCCCCCCC/C=C\C/C=C\CCCCC. The molecule has 0 aliphatic heterocycles. The highest BCUT2D eigenvalue weighted by Gasteiger charge is 2.30. The van der Waals surface area contributed by atoms with Crippen molar-refractivity contribution in [3.8, 4) is 0 Å². The first-order chi connectivity index (χ1) is 38.4. The fraction of sp³-hybridized carbons (Fsp3) is 0.797. The van der Waals surface area contributed by atoms with Crippen molar-refractivity contribution in [1.29, 1.82) is 0 Å². The lowest BCUT2D eigenvalue weighted by molar-refractivity contribution is -0.870. The number of rotatable bonds is 60. The number of carbonyl (C=O) groups excluding carboxylic acids is 2. The Morgan fingerprint density at radius 3 is 1.18 bits per heavy atom. The molecule has 0 bridgehead atoms. The van der Waals surface area contributed by atoms with E-state index in [1.807, 2.05) is 33.3 Å². The number of nitrogens with one attached hydrogen (secondary N) is 1. The third-order valence-corrected chi connectivity index (χ3v) is 15.6. The Labute approximate surface area is 489 Å². The molecular weight excluding hydrogens is 1000 g/mol. The Hall–Kier alpha value is -2.55. The Balaban J connectivity index is 5.09. The first-order valence-electron chi connectivity index (χ1n) is 33.3. The minimum Gasteiger partial charge on any atom is -0.456 e. The van der Waals surface area contributed by atoms with Gasteiger partial charge in [0.05, 0.1) is 33.8 Å². The lowest BCUT2D eigenvalue weighted by Gasteiger charge is -2.27. The fourth-order valence-electron chi connectivity index (χ4n) is 9.45. The predicted molar refractivity (Wildman–Crippen MR) is 341 cm³/mol. The highest BCUT2D eigenvalue weighted by molar-refractivity contribution is 7.47. The van der Waals surface area contributed by atoms with Gasteiger partial charge in [-0.15, -0.1) is 0 Å². The predicted octanol–water partition coefficient (Wildman–Crippen LogP) is 20.8. The van der Waals surface area contributed by atoms with Crippen molar-refractivity contribution in [2.75, 3.05) is 40.9 Å². The Morgan fingerprint density at radius 1 is 0.443 bits per heavy atom. The minimum absolute atomic E-state index is 0.0369. The van der Waals surface area contributed by atoms with E-state index in [1.165, 1.54) is 180 Å². The van der Waals surface area contributed by atoms with E-state index in [9.17, 15) is 19.0 Å². The van der Waals surface area contributed by atoms with E-state index in [1.54, 1.807) is 0 Å². The summed E-state index contributed by atoms with van der Waals surface area (Å²) in [5.74, 6) is -0.511. The summed E-state index contributed by atoms with van der Waals surface area (Å²) in [6, 6.07) is -0.855. The van der Waals surface area contributed by atoms with Crippen LogP contribution < -0.4 is 5.32 Å². The molecule has 0 spiro atoms. The number of likely N-dealkylation sites (N-methyl/N-ethyl adjacent to an activating group) is 1. The molecule has 0 aromatic heterocycles. The van der Waals surface area contributed by atoms with Gasteiger partial charge in [0.15, 0.2) is 0 Å². The average molecular weight is 1130 g/mol. The van der Waals surface area contributed by atoms with Gasteiger partial charge in [0.1, 0.15) is 19.3 Å². The lowest BCUT2D eigenvalue weighted by atomic mass is 10.0. The number of ether oxygens (including phenoxy) is 1. The zero-order valence-corrected chi connectivity index (χ0v) is 53.5. The number of quaternary nitrogens is 1. The molecule has 10 heteroatoms. The van der Waals surface area contributed by atoms with Crippen LogP contribution in [0.3, 0.4) is 0 Å². The van der Waals surface area contributed by atoms with Gasteiger partial charge in [0.2, 0.25) is 5.91 Å². The van der Waals surface area contributed by atoms with Crippen molar-refractivity contribution in [2.45, 2.75) is 315 Å². The van der Waals surface area contributed by atoms with Gasteiger partial charge in [0, 0.05) is 12.8 Å². The van der Waals surface area contributed by atoms with E-state index in [0.29, 0.717) is 17.4 Å². The van der Waals surface area contributed by atoms with Gasteiger partial charge in [-0.2, -0.15) is 0 Å². The third kappa shape index (κ3) is 59.9. The van der Waals surface area contributed by atoms with Crippen LogP contribution in [0.5, 0.6) is 0 Å². The van der Waals surface area contributed by atoms with Crippen molar-refractivity contribution in [2.24, 2.45) is 0 Å². The molecule has 0 aliphatic rings. The molecular formula is C69H128N2O7P+. The highest BCUT2D eigenvalue weighted by atomic mass is 31.2. The molecule has 0 heterocycles. The first-order valence-corrected chi connectivity index (χ1v) is 34.8. The molecule has 9 nitrogen and oxygen atoms in total. The number of phosphoric ester groups is 1. The number of unbranched alkanes of at least 4 members (excludes halogenated alkanes) is 34. The van der Waals surface area contributed by atoms with Crippen LogP contribution in [0.4, 0.5) is 0 Å². The van der Waals surface area contributed by atoms with Crippen LogP contribution in [0.25, 0.3) is 0 Å². The molecule has 79 heavy (non-hydrogen) atoms. The summed E-state index contributed by atoms with van der Waals surface area (Å²) in [6.45, 7) is 6.97. The molecule has 0 radical (unpaired) electrons. The van der Waals surface area contributed by atoms with Gasteiger partial charge in [-0.1, -0.05) is 261 Å². The van der Waals surface area contributed by atoms with Crippen molar-refractivity contribution < 1.29 is 37.3 Å². The van der Waals surface area contributed by atoms with Gasteiger partial charge in [-0.3, -0.25) is 18.6 Å². The Morgan fingerprint density at radius 2 is 0.772 bits per heavy atom. The van der Waals surface area contributed by atoms with E-state index in [0.717, 1.165) is 89.9 Å². The van der Waals surface area contributed by atoms with Gasteiger partial charge in [-0.05, 0) is 102 Å². The Kier molecular flexibility index (Phi) is 56.7. The topological polar surface area (TPSA) is 111 Å². The van der Waals surface area contributed by atoms with Crippen LogP contribution in [-0.4, -0.2) is 74.3 Å². The molecule has 3 unspecified atom stereocenters. The van der Waals surface area contributed by atoms with Gasteiger partial charge in [0.25, 0.3) is 0 Å². The quantitative estimate of drug-likeness (QED) is 0.0205. The molecule has 3 atom stereocenters. The van der Waals surface area contributed by atoms with Crippen LogP contribution in [0.2, 0.25) is 0 Å². The number of amides is 1. The summed E-state index contributed by atoms with van der Waals surface area (Å²) < 4.78 is 30.7. The number of phosphoric acid groups is 1. The second-order valence-corrected chi connectivity index (χ2v) is 25.1. The number of allylic oxidation sites excluding steroid dienone is 11. The fourth-order valence-corrected chi connectivity index (χ4v) is 10.2. The molecule has 0 rings (SSSR count). The van der Waals surface area contributed by atoms with Crippen molar-refractivity contribution in [1.82, 2.24) is 5.32 Å². The smallest absolute Gasteiger partial charge is 0.456 e.